The minimum Gasteiger partial charge on any atom is -0.497 e. The number of ether oxygens (including phenoxy) is 4. The third kappa shape index (κ3) is 7.71. The Bertz CT molecular complexity index is 1540. The Morgan fingerprint density at radius 2 is 1.62 bits per heavy atom. The van der Waals surface area contributed by atoms with Crippen molar-refractivity contribution in [1.82, 2.24) is 9.78 Å². The van der Waals surface area contributed by atoms with E-state index in [1.807, 2.05) is 24.3 Å². The highest BCUT2D eigenvalue weighted by Gasteiger charge is 2.19. The second-order valence-corrected chi connectivity index (χ2v) is 9.53. The molecular weight excluding hydrogens is 562 g/mol. The first kappa shape index (κ1) is 30.2. The number of carbonyl (C=O) groups is 2. The molecular formula is C30H32ClN5O6. The maximum atomic E-state index is 13.4. The molecule has 0 unspecified atom stereocenters. The lowest BCUT2D eigenvalue weighted by molar-refractivity contribution is 0.101. The number of aromatic nitrogens is 2. The third-order valence-corrected chi connectivity index (χ3v) is 6.49. The molecule has 0 atom stereocenters. The van der Waals surface area contributed by atoms with Gasteiger partial charge in [0, 0.05) is 37.8 Å². The molecule has 0 spiro atoms. The zero-order valence-electron chi connectivity index (χ0n) is 23.5. The second-order valence-electron chi connectivity index (χ2n) is 9.12. The molecule has 1 heterocycles. The molecule has 1 aromatic heterocycles. The second kappa shape index (κ2) is 14.2. The average Bonchev–Trinajstić information content (AvgIpc) is 3.39. The number of anilines is 3. The summed E-state index contributed by atoms with van der Waals surface area (Å²) in [6.45, 7) is 1.25. The zero-order valence-corrected chi connectivity index (χ0v) is 24.2. The molecule has 0 saturated heterocycles. The standard InChI is InChI=1S/C30H32ClN5O6/c1-39-13-4-14-42-27-12-7-20(15-23(27)31)29(37)34-28-17-26(30(38)33-25-11-10-22(41-3)16-24(25)32)36(35-28)18-19-5-8-21(40-2)9-6-19/h5-12,15-17H,4,13-14,18,32H2,1-3H3,(H,33,38)(H,34,35,37). The molecule has 0 saturated carbocycles. The number of hydrogen-bond acceptors (Lipinski definition) is 8. The lowest BCUT2D eigenvalue weighted by atomic mass is 10.2. The van der Waals surface area contributed by atoms with Crippen LogP contribution in [0.5, 0.6) is 17.2 Å². The van der Waals surface area contributed by atoms with Gasteiger partial charge >= 0.3 is 0 Å². The van der Waals surface area contributed by atoms with Gasteiger partial charge < -0.3 is 35.3 Å². The van der Waals surface area contributed by atoms with Gasteiger partial charge in [-0.2, -0.15) is 5.10 Å². The fourth-order valence-electron chi connectivity index (χ4n) is 3.99. The van der Waals surface area contributed by atoms with Gasteiger partial charge in [0.15, 0.2) is 5.82 Å². The molecule has 0 aliphatic carbocycles. The van der Waals surface area contributed by atoms with Crippen molar-refractivity contribution >= 4 is 40.6 Å². The van der Waals surface area contributed by atoms with Gasteiger partial charge in [0.25, 0.3) is 11.8 Å². The average molecular weight is 594 g/mol. The monoisotopic (exact) mass is 593 g/mol. The minimum absolute atomic E-state index is 0.178. The van der Waals surface area contributed by atoms with Crippen LogP contribution in [-0.4, -0.2) is 56.1 Å². The van der Waals surface area contributed by atoms with Gasteiger partial charge in [0.05, 0.1) is 43.8 Å². The zero-order chi connectivity index (χ0) is 30.1. The van der Waals surface area contributed by atoms with Gasteiger partial charge in [-0.05, 0) is 48.0 Å². The molecule has 12 heteroatoms. The summed E-state index contributed by atoms with van der Waals surface area (Å²) in [5.41, 5.74) is 8.20. The lowest BCUT2D eigenvalue weighted by Crippen LogP contribution is -2.19. The predicted molar refractivity (Wildman–Crippen MR) is 161 cm³/mol. The number of nitrogens with one attached hydrogen (secondary N) is 2. The van der Waals surface area contributed by atoms with Gasteiger partial charge in [0.2, 0.25) is 0 Å². The number of halogens is 1. The molecule has 0 radical (unpaired) electrons. The van der Waals surface area contributed by atoms with E-state index in [9.17, 15) is 9.59 Å². The Balaban J connectivity index is 1.55. The van der Waals surface area contributed by atoms with Gasteiger partial charge in [-0.25, -0.2) is 0 Å². The largest absolute Gasteiger partial charge is 0.497 e. The van der Waals surface area contributed by atoms with E-state index in [4.69, 9.17) is 36.3 Å². The van der Waals surface area contributed by atoms with Crippen LogP contribution in [0.3, 0.4) is 0 Å². The van der Waals surface area contributed by atoms with E-state index in [-0.39, 0.29) is 18.1 Å². The van der Waals surface area contributed by atoms with Gasteiger partial charge in [-0.15, -0.1) is 0 Å². The van der Waals surface area contributed by atoms with Gasteiger partial charge in [0.1, 0.15) is 22.9 Å². The molecule has 0 fully saturated rings. The smallest absolute Gasteiger partial charge is 0.274 e. The van der Waals surface area contributed by atoms with E-state index < -0.39 is 11.8 Å². The number of nitrogens with zero attached hydrogens (tertiary/aromatic N) is 2. The third-order valence-electron chi connectivity index (χ3n) is 6.20. The van der Waals surface area contributed by atoms with Crippen LogP contribution in [0.1, 0.15) is 32.8 Å². The summed E-state index contributed by atoms with van der Waals surface area (Å²) in [5.74, 6) is 0.980. The highest BCUT2D eigenvalue weighted by atomic mass is 35.5. The molecule has 0 aliphatic heterocycles. The van der Waals surface area contributed by atoms with Crippen molar-refractivity contribution in [2.45, 2.75) is 13.0 Å². The summed E-state index contributed by atoms with van der Waals surface area (Å²) in [4.78, 5) is 26.5. The summed E-state index contributed by atoms with van der Waals surface area (Å²) in [5, 5.41) is 10.3. The molecule has 4 rings (SSSR count). The van der Waals surface area contributed by atoms with Crippen LogP contribution in [-0.2, 0) is 11.3 Å². The Morgan fingerprint density at radius 1 is 0.881 bits per heavy atom. The number of nitrogens with two attached hydrogens (primary N) is 1. The first-order chi connectivity index (χ1) is 20.3. The molecule has 0 aliphatic rings. The van der Waals surface area contributed by atoms with E-state index in [0.29, 0.717) is 58.8 Å². The Labute approximate surface area is 248 Å². The van der Waals surface area contributed by atoms with Crippen molar-refractivity contribution in [3.05, 3.63) is 88.6 Å². The van der Waals surface area contributed by atoms with E-state index >= 15 is 0 Å². The van der Waals surface area contributed by atoms with E-state index in [0.717, 1.165) is 5.56 Å². The highest BCUT2D eigenvalue weighted by Crippen LogP contribution is 2.27. The molecule has 0 bridgehead atoms. The van der Waals surface area contributed by atoms with Crippen LogP contribution in [0.2, 0.25) is 5.02 Å². The predicted octanol–water partition coefficient (Wildman–Crippen LogP) is 5.10. The van der Waals surface area contributed by atoms with Crippen LogP contribution in [0.15, 0.2) is 66.7 Å². The number of rotatable bonds is 13. The molecule has 4 aromatic rings. The summed E-state index contributed by atoms with van der Waals surface area (Å²) < 4.78 is 22.6. The van der Waals surface area contributed by atoms with Gasteiger partial charge in [-0.1, -0.05) is 23.7 Å². The van der Waals surface area contributed by atoms with Gasteiger partial charge in [-0.3, -0.25) is 14.3 Å². The van der Waals surface area contributed by atoms with Crippen LogP contribution in [0, 0.1) is 0 Å². The molecule has 2 amide bonds. The molecule has 220 valence electrons. The van der Waals surface area contributed by atoms with E-state index in [1.54, 1.807) is 44.6 Å². The summed E-state index contributed by atoms with van der Waals surface area (Å²) >= 11 is 6.34. The Morgan fingerprint density at radius 3 is 2.29 bits per heavy atom. The summed E-state index contributed by atoms with van der Waals surface area (Å²) in [7, 11) is 4.73. The van der Waals surface area contributed by atoms with Crippen LogP contribution < -0.4 is 30.6 Å². The first-order valence-corrected chi connectivity index (χ1v) is 13.4. The number of hydrogen-bond donors (Lipinski definition) is 3. The minimum atomic E-state index is -0.466. The quantitative estimate of drug-likeness (QED) is 0.144. The van der Waals surface area contributed by atoms with Crippen molar-refractivity contribution in [1.29, 1.82) is 0 Å². The summed E-state index contributed by atoms with van der Waals surface area (Å²) in [6, 6.07) is 18.5. The van der Waals surface area contributed by atoms with E-state index in [2.05, 4.69) is 15.7 Å². The highest BCUT2D eigenvalue weighted by molar-refractivity contribution is 6.32. The number of nitrogen functional groups attached to an aromatic ring is 1. The fourth-order valence-corrected chi connectivity index (χ4v) is 4.22. The molecule has 4 N–H and O–H groups in total. The SMILES string of the molecule is COCCCOc1ccc(C(=O)Nc2cc(C(=O)Nc3ccc(OC)cc3N)n(Cc3ccc(OC)cc3)n2)cc1Cl. The van der Waals surface area contributed by atoms with Crippen LogP contribution in [0.25, 0.3) is 0 Å². The molecule has 3 aromatic carbocycles. The van der Waals surface area contributed by atoms with Crippen LogP contribution in [0.4, 0.5) is 17.2 Å². The lowest BCUT2D eigenvalue weighted by Gasteiger charge is -2.11. The molecule has 11 nitrogen and oxygen atoms in total. The maximum absolute atomic E-state index is 13.4. The van der Waals surface area contributed by atoms with Crippen molar-refractivity contribution in [2.24, 2.45) is 0 Å². The van der Waals surface area contributed by atoms with Crippen molar-refractivity contribution < 1.29 is 28.5 Å². The van der Waals surface area contributed by atoms with Crippen molar-refractivity contribution in [2.75, 3.05) is 50.9 Å². The summed E-state index contributed by atoms with van der Waals surface area (Å²) in [6.07, 6.45) is 0.704. The van der Waals surface area contributed by atoms with E-state index in [1.165, 1.54) is 23.9 Å². The Hall–Kier alpha value is -4.74. The Kier molecular flexibility index (Phi) is 10.2. The van der Waals surface area contributed by atoms with Crippen molar-refractivity contribution in [3.8, 4) is 17.2 Å². The number of methoxy groups -OCH3 is 3. The van der Waals surface area contributed by atoms with Crippen LogP contribution >= 0.6 is 11.6 Å². The van der Waals surface area contributed by atoms with Crippen molar-refractivity contribution in [3.63, 3.8) is 0 Å². The number of amides is 2. The topological polar surface area (TPSA) is 139 Å². The fraction of sp³-hybridized carbons (Fsp3) is 0.233. The normalized spacial score (nSPS) is 10.7. The first-order valence-electron chi connectivity index (χ1n) is 13.0. The number of carbonyl (C=O) groups excluding carboxylic acids is 2. The number of benzene rings is 3. The molecule has 42 heavy (non-hydrogen) atoms. The maximum Gasteiger partial charge on any atom is 0.274 e.